The zero-order valence-corrected chi connectivity index (χ0v) is 22.3. The van der Waals surface area contributed by atoms with Gasteiger partial charge in [-0.25, -0.2) is 14.8 Å². The molecule has 0 aliphatic carbocycles. The molecular weight excluding hydrogens is 526 g/mol. The number of carboxylic acid groups (broad SMARTS) is 1. The van der Waals surface area contributed by atoms with Gasteiger partial charge in [-0.05, 0) is 48.5 Å². The van der Waals surface area contributed by atoms with Crippen LogP contribution in [0.15, 0.2) is 73.6 Å². The Morgan fingerprint density at radius 3 is 2.39 bits per heavy atom. The number of aryl methyl sites for hydroxylation is 2. The third-order valence-corrected chi connectivity index (χ3v) is 6.33. The van der Waals surface area contributed by atoms with Crippen LogP contribution in [-0.4, -0.2) is 53.6 Å². The summed E-state index contributed by atoms with van der Waals surface area (Å²) in [5.74, 6) is 0.170. The average Bonchev–Trinajstić information content (AvgIpc) is 3.62. The van der Waals surface area contributed by atoms with Crippen LogP contribution >= 0.6 is 0 Å². The van der Waals surface area contributed by atoms with Crippen molar-refractivity contribution in [2.45, 2.75) is 0 Å². The minimum Gasteiger partial charge on any atom is -0.465 e. The number of carbonyl (C=O) groups excluding carboxylic acids is 2. The summed E-state index contributed by atoms with van der Waals surface area (Å²) in [6, 6.07) is 13.9. The van der Waals surface area contributed by atoms with Crippen LogP contribution in [0.5, 0.6) is 0 Å². The van der Waals surface area contributed by atoms with Gasteiger partial charge in [0.2, 0.25) is 5.82 Å². The molecule has 13 heteroatoms. The van der Waals surface area contributed by atoms with Crippen molar-refractivity contribution in [3.05, 3.63) is 85.1 Å². The average molecular weight is 554 g/mol. The number of amides is 3. The number of rotatable bonds is 8. The Bertz CT molecular complexity index is 1800. The van der Waals surface area contributed by atoms with E-state index < -0.39 is 12.0 Å². The van der Waals surface area contributed by atoms with Crippen molar-refractivity contribution in [3.8, 4) is 11.4 Å². The summed E-state index contributed by atoms with van der Waals surface area (Å²) >= 11 is 0. The molecule has 3 aromatic heterocycles. The van der Waals surface area contributed by atoms with E-state index in [-0.39, 0.29) is 24.1 Å². The fourth-order valence-electron chi connectivity index (χ4n) is 4.38. The van der Waals surface area contributed by atoms with Gasteiger partial charge in [0, 0.05) is 50.0 Å². The minimum atomic E-state index is -1.08. The van der Waals surface area contributed by atoms with Crippen molar-refractivity contribution in [1.29, 1.82) is 0 Å². The maximum Gasteiger partial charge on any atom is 0.412 e. The zero-order valence-electron chi connectivity index (χ0n) is 22.3. The molecule has 0 saturated carbocycles. The van der Waals surface area contributed by atoms with Crippen molar-refractivity contribution in [1.82, 2.24) is 24.1 Å². The van der Waals surface area contributed by atoms with Gasteiger partial charge in [0.25, 0.3) is 11.8 Å². The Labute approximate surface area is 233 Å². The summed E-state index contributed by atoms with van der Waals surface area (Å²) in [6.07, 6.45) is 3.61. The number of carbonyl (C=O) groups is 3. The number of fused-ring (bicyclic) bond motifs is 1. The van der Waals surface area contributed by atoms with Gasteiger partial charge in [-0.2, -0.15) is 0 Å². The number of nitrogens with two attached hydrogens (primary N) is 1. The van der Waals surface area contributed by atoms with Gasteiger partial charge >= 0.3 is 6.09 Å². The van der Waals surface area contributed by atoms with Gasteiger partial charge in [0.1, 0.15) is 17.3 Å². The summed E-state index contributed by atoms with van der Waals surface area (Å²) in [6.45, 7) is 3.77. The lowest BCUT2D eigenvalue weighted by Crippen LogP contribution is -2.29. The first-order chi connectivity index (χ1) is 19.6. The van der Waals surface area contributed by atoms with E-state index in [0.717, 1.165) is 5.56 Å². The van der Waals surface area contributed by atoms with Crippen molar-refractivity contribution >= 4 is 51.8 Å². The van der Waals surface area contributed by atoms with E-state index in [4.69, 9.17) is 5.73 Å². The molecule has 5 aromatic rings. The highest BCUT2D eigenvalue weighted by Gasteiger charge is 2.18. The summed E-state index contributed by atoms with van der Waals surface area (Å²) < 4.78 is 3.13. The fraction of sp³-hybridized carbons (Fsp3) is 0.107. The first-order valence-electron chi connectivity index (χ1n) is 12.4. The summed E-state index contributed by atoms with van der Waals surface area (Å²) in [7, 11) is 3.37. The van der Waals surface area contributed by atoms with Crippen molar-refractivity contribution in [3.63, 3.8) is 0 Å². The first-order valence-corrected chi connectivity index (χ1v) is 12.4. The number of hydrogen-bond acceptors (Lipinski definition) is 6. The number of H-pyrrole nitrogens is 1. The molecule has 6 N–H and O–H groups in total. The second-order valence-electron chi connectivity index (χ2n) is 9.28. The lowest BCUT2D eigenvalue weighted by atomic mass is 10.2. The maximum atomic E-state index is 13.0. The molecule has 208 valence electrons. The number of nitrogens with zero attached hydrogens (tertiary/aromatic N) is 5. The maximum absolute atomic E-state index is 13.0. The van der Waals surface area contributed by atoms with Gasteiger partial charge in [0.05, 0.1) is 16.7 Å². The molecule has 3 amide bonds. The molecular formula is C28H27N9O4. The predicted molar refractivity (Wildman–Crippen MR) is 156 cm³/mol. The first kappa shape index (κ1) is 26.7. The van der Waals surface area contributed by atoms with Crippen LogP contribution < -0.4 is 21.3 Å². The number of aromatic nitrogens is 5. The number of benzene rings is 2. The Hall–Kier alpha value is -5.85. The van der Waals surface area contributed by atoms with E-state index in [9.17, 15) is 19.5 Å². The van der Waals surface area contributed by atoms with Gasteiger partial charge in [-0.15, -0.1) is 6.58 Å². The number of anilines is 4. The van der Waals surface area contributed by atoms with Gasteiger partial charge in [-0.3, -0.25) is 14.5 Å². The number of hydrogen-bond donors (Lipinski definition) is 5. The van der Waals surface area contributed by atoms with Gasteiger partial charge < -0.3 is 35.6 Å². The number of imidazole rings is 2. The fourth-order valence-corrected chi connectivity index (χ4v) is 4.38. The largest absolute Gasteiger partial charge is 0.465 e. The topological polar surface area (TPSA) is 176 Å². The monoisotopic (exact) mass is 553 g/mol. The quantitative estimate of drug-likeness (QED) is 0.180. The van der Waals surface area contributed by atoms with E-state index in [0.29, 0.717) is 39.6 Å². The Morgan fingerprint density at radius 1 is 1.00 bits per heavy atom. The van der Waals surface area contributed by atoms with E-state index >= 15 is 0 Å². The third-order valence-electron chi connectivity index (χ3n) is 6.33. The number of nitrogen functional groups attached to an aromatic ring is 1. The Morgan fingerprint density at radius 2 is 1.73 bits per heavy atom. The van der Waals surface area contributed by atoms with E-state index in [1.165, 1.54) is 21.7 Å². The van der Waals surface area contributed by atoms with Crippen molar-refractivity contribution in [2.75, 3.05) is 27.8 Å². The molecule has 41 heavy (non-hydrogen) atoms. The van der Waals surface area contributed by atoms with Crippen LogP contribution in [0.25, 0.3) is 22.4 Å². The highest BCUT2D eigenvalue weighted by Crippen LogP contribution is 2.26. The van der Waals surface area contributed by atoms with Crippen LogP contribution in [0.1, 0.15) is 21.1 Å². The van der Waals surface area contributed by atoms with E-state index in [1.807, 2.05) is 12.1 Å². The second kappa shape index (κ2) is 10.7. The predicted octanol–water partition coefficient (Wildman–Crippen LogP) is 4.06. The molecule has 2 aromatic carbocycles. The molecule has 0 aliphatic rings. The highest BCUT2D eigenvalue weighted by atomic mass is 16.4. The molecule has 0 fully saturated rings. The molecule has 3 heterocycles. The molecule has 0 atom stereocenters. The number of aromatic amines is 1. The van der Waals surface area contributed by atoms with Crippen molar-refractivity contribution in [2.24, 2.45) is 14.1 Å². The zero-order chi connectivity index (χ0) is 29.3. The van der Waals surface area contributed by atoms with Gasteiger partial charge in [-0.1, -0.05) is 6.08 Å². The molecule has 0 aliphatic heterocycles. The van der Waals surface area contributed by atoms with Crippen LogP contribution in [0, 0.1) is 0 Å². The van der Waals surface area contributed by atoms with Crippen molar-refractivity contribution < 1.29 is 19.5 Å². The van der Waals surface area contributed by atoms with E-state index in [2.05, 4.69) is 32.2 Å². The van der Waals surface area contributed by atoms with Crippen LogP contribution in [0.3, 0.4) is 0 Å². The van der Waals surface area contributed by atoms with Crippen LogP contribution in [0.4, 0.5) is 27.7 Å². The SMILES string of the molecule is C=CCN(C(=O)O)c1ccc2nc(-c3ccc(NC(=O)c4cc(NC(=O)c5nc(N)cn5C)cn4C)cc3)[nH]c2c1. The third kappa shape index (κ3) is 5.49. The minimum absolute atomic E-state index is 0.150. The molecule has 0 bridgehead atoms. The Kier molecular flexibility index (Phi) is 7.00. The molecule has 0 radical (unpaired) electrons. The summed E-state index contributed by atoms with van der Waals surface area (Å²) in [5.41, 5.74) is 9.63. The van der Waals surface area contributed by atoms with E-state index in [1.54, 1.807) is 61.3 Å². The normalized spacial score (nSPS) is 10.9. The van der Waals surface area contributed by atoms with Gasteiger partial charge in [0.15, 0.2) is 0 Å². The summed E-state index contributed by atoms with van der Waals surface area (Å²) in [5, 5.41) is 15.1. The smallest absolute Gasteiger partial charge is 0.412 e. The van der Waals surface area contributed by atoms with Crippen LogP contribution in [-0.2, 0) is 14.1 Å². The lowest BCUT2D eigenvalue weighted by Gasteiger charge is -2.16. The second-order valence-corrected chi connectivity index (χ2v) is 9.28. The number of nitrogens with one attached hydrogen (secondary N) is 3. The molecule has 5 rings (SSSR count). The Balaban J connectivity index is 1.28. The molecule has 13 nitrogen and oxygen atoms in total. The van der Waals surface area contributed by atoms with Crippen LogP contribution in [0.2, 0.25) is 0 Å². The summed E-state index contributed by atoms with van der Waals surface area (Å²) in [4.78, 5) is 50.1. The standard InChI is InChI=1S/C28H27N9O4/c1-4-11-37(28(40)41)19-9-10-20-21(13-19)33-24(32-20)16-5-7-17(8-6-16)30-26(38)22-12-18(14-35(22)2)31-27(39)25-34-23(29)15-36(25)3/h4-10,12-15H,1,11,29H2,2-3H3,(H,30,38)(H,31,39)(H,32,33)(H,40,41). The lowest BCUT2D eigenvalue weighted by molar-refractivity contribution is 0.100. The molecule has 0 saturated heterocycles. The highest BCUT2D eigenvalue weighted by molar-refractivity contribution is 6.06. The molecule has 0 spiro atoms. The molecule has 0 unspecified atom stereocenters.